The van der Waals surface area contributed by atoms with Crippen LogP contribution < -0.4 is 4.90 Å². The fourth-order valence-electron chi connectivity index (χ4n) is 4.14. The van der Waals surface area contributed by atoms with Crippen molar-refractivity contribution in [2.75, 3.05) is 24.5 Å². The van der Waals surface area contributed by atoms with Gasteiger partial charge in [-0.15, -0.1) is 0 Å². The lowest BCUT2D eigenvalue weighted by Gasteiger charge is -2.25. The van der Waals surface area contributed by atoms with Crippen molar-refractivity contribution in [3.05, 3.63) is 53.5 Å². The van der Waals surface area contributed by atoms with Gasteiger partial charge in [0.25, 0.3) is 5.91 Å². The van der Waals surface area contributed by atoms with E-state index >= 15 is 0 Å². The predicted molar refractivity (Wildman–Crippen MR) is 94.5 cm³/mol. The Hall–Kier alpha value is -2.56. The topological polar surface area (TPSA) is 53.8 Å². The van der Waals surface area contributed by atoms with E-state index in [0.29, 0.717) is 37.4 Å². The molecule has 3 heterocycles. The molecule has 2 fully saturated rings. The first-order valence-electron chi connectivity index (χ1n) is 8.68. The van der Waals surface area contributed by atoms with E-state index in [1.165, 1.54) is 0 Å². The van der Waals surface area contributed by atoms with Gasteiger partial charge in [-0.2, -0.15) is 0 Å². The number of para-hydroxylation sites is 1. The number of furan rings is 1. The van der Waals surface area contributed by atoms with Crippen molar-refractivity contribution in [3.63, 3.8) is 0 Å². The van der Waals surface area contributed by atoms with Crippen LogP contribution in [0.2, 0.25) is 0 Å². The SMILES string of the molecule is Cc1ccccc1N1CC2(CCN(C(=O)c3ccoc3C)C2)CC1=O. The van der Waals surface area contributed by atoms with Crippen LogP contribution in [0.4, 0.5) is 5.69 Å². The molecule has 0 saturated carbocycles. The molecule has 2 saturated heterocycles. The smallest absolute Gasteiger partial charge is 0.257 e. The maximum Gasteiger partial charge on any atom is 0.257 e. The summed E-state index contributed by atoms with van der Waals surface area (Å²) in [4.78, 5) is 29.1. The Kier molecular flexibility index (Phi) is 3.67. The van der Waals surface area contributed by atoms with Crippen molar-refractivity contribution in [2.24, 2.45) is 5.41 Å². The molecule has 130 valence electrons. The summed E-state index contributed by atoms with van der Waals surface area (Å²) >= 11 is 0. The summed E-state index contributed by atoms with van der Waals surface area (Å²) in [6, 6.07) is 9.70. The summed E-state index contributed by atoms with van der Waals surface area (Å²) in [5, 5.41) is 0. The number of rotatable bonds is 2. The Morgan fingerprint density at radius 2 is 1.96 bits per heavy atom. The number of hydrogen-bond donors (Lipinski definition) is 0. The van der Waals surface area contributed by atoms with E-state index in [1.807, 2.05) is 41.0 Å². The van der Waals surface area contributed by atoms with Gasteiger partial charge in [-0.25, -0.2) is 0 Å². The number of carbonyl (C=O) groups is 2. The average Bonchev–Trinajstić information content (AvgIpc) is 3.27. The minimum absolute atomic E-state index is 0.00455. The number of hydrogen-bond acceptors (Lipinski definition) is 3. The lowest BCUT2D eigenvalue weighted by atomic mass is 9.86. The standard InChI is InChI=1S/C20H22N2O3/c1-14-5-3-4-6-17(14)22-13-20(11-18(22)23)8-9-21(12-20)19(24)16-7-10-25-15(16)2/h3-7,10H,8-9,11-13H2,1-2H3. The van der Waals surface area contributed by atoms with Crippen molar-refractivity contribution in [1.82, 2.24) is 4.90 Å². The van der Waals surface area contributed by atoms with Crippen LogP contribution in [0, 0.1) is 19.3 Å². The molecule has 0 bridgehead atoms. The number of carbonyl (C=O) groups excluding carboxylic acids is 2. The van der Waals surface area contributed by atoms with Crippen LogP contribution in [0.3, 0.4) is 0 Å². The van der Waals surface area contributed by atoms with Crippen molar-refractivity contribution in [3.8, 4) is 0 Å². The lowest BCUT2D eigenvalue weighted by Crippen LogP contribution is -2.34. The van der Waals surface area contributed by atoms with Crippen LogP contribution in [-0.2, 0) is 4.79 Å². The minimum Gasteiger partial charge on any atom is -0.469 e. The van der Waals surface area contributed by atoms with E-state index in [9.17, 15) is 9.59 Å². The highest BCUT2D eigenvalue weighted by atomic mass is 16.3. The first kappa shape index (κ1) is 15.9. The Morgan fingerprint density at radius 1 is 1.16 bits per heavy atom. The molecule has 5 heteroatoms. The lowest BCUT2D eigenvalue weighted by molar-refractivity contribution is -0.117. The number of aryl methyl sites for hydroxylation is 2. The largest absolute Gasteiger partial charge is 0.469 e. The van der Waals surface area contributed by atoms with Gasteiger partial charge in [0.1, 0.15) is 5.76 Å². The highest BCUT2D eigenvalue weighted by Crippen LogP contribution is 2.42. The average molecular weight is 338 g/mol. The molecular formula is C20H22N2O3. The summed E-state index contributed by atoms with van der Waals surface area (Å²) in [6.45, 7) is 5.84. The van der Waals surface area contributed by atoms with E-state index in [0.717, 1.165) is 17.7 Å². The monoisotopic (exact) mass is 338 g/mol. The predicted octanol–water partition coefficient (Wildman–Crippen LogP) is 3.17. The van der Waals surface area contributed by atoms with E-state index in [1.54, 1.807) is 19.3 Å². The number of benzene rings is 1. The second kappa shape index (κ2) is 5.76. The van der Waals surface area contributed by atoms with E-state index < -0.39 is 0 Å². The van der Waals surface area contributed by atoms with Crippen molar-refractivity contribution >= 4 is 17.5 Å². The summed E-state index contributed by atoms with van der Waals surface area (Å²) in [5.41, 5.74) is 2.58. The van der Waals surface area contributed by atoms with Crippen LogP contribution in [-0.4, -0.2) is 36.3 Å². The molecule has 1 aromatic heterocycles. The fourth-order valence-corrected chi connectivity index (χ4v) is 4.14. The Balaban J connectivity index is 1.53. The van der Waals surface area contributed by atoms with Crippen LogP contribution in [0.1, 0.15) is 34.5 Å². The van der Waals surface area contributed by atoms with Crippen LogP contribution in [0.5, 0.6) is 0 Å². The highest BCUT2D eigenvalue weighted by molar-refractivity contribution is 5.98. The third-order valence-electron chi connectivity index (χ3n) is 5.54. The summed E-state index contributed by atoms with van der Waals surface area (Å²) in [7, 11) is 0. The zero-order valence-corrected chi connectivity index (χ0v) is 14.6. The highest BCUT2D eigenvalue weighted by Gasteiger charge is 2.49. The molecule has 2 aliphatic rings. The maximum atomic E-state index is 12.7. The molecule has 2 amide bonds. The van der Waals surface area contributed by atoms with Crippen molar-refractivity contribution in [2.45, 2.75) is 26.7 Å². The molecule has 2 aliphatic heterocycles. The molecule has 0 radical (unpaired) electrons. The third-order valence-corrected chi connectivity index (χ3v) is 5.54. The van der Waals surface area contributed by atoms with E-state index in [-0.39, 0.29) is 17.2 Å². The second-order valence-electron chi connectivity index (χ2n) is 7.31. The molecule has 1 aromatic carbocycles. The zero-order chi connectivity index (χ0) is 17.6. The molecular weight excluding hydrogens is 316 g/mol. The van der Waals surface area contributed by atoms with Crippen LogP contribution in [0.15, 0.2) is 41.0 Å². The number of nitrogens with zero attached hydrogens (tertiary/aromatic N) is 2. The molecule has 1 atom stereocenters. The van der Waals surface area contributed by atoms with Crippen LogP contribution in [0.25, 0.3) is 0 Å². The zero-order valence-electron chi connectivity index (χ0n) is 14.6. The molecule has 4 rings (SSSR count). The Morgan fingerprint density at radius 3 is 2.68 bits per heavy atom. The van der Waals surface area contributed by atoms with Crippen molar-refractivity contribution < 1.29 is 14.0 Å². The summed E-state index contributed by atoms with van der Waals surface area (Å²) in [5.74, 6) is 0.808. The van der Waals surface area contributed by atoms with Gasteiger partial charge < -0.3 is 14.2 Å². The molecule has 5 nitrogen and oxygen atoms in total. The first-order chi connectivity index (χ1) is 12.0. The van der Waals surface area contributed by atoms with Gasteiger partial charge in [-0.1, -0.05) is 18.2 Å². The molecule has 1 spiro atoms. The molecule has 0 N–H and O–H groups in total. The number of likely N-dealkylation sites (tertiary alicyclic amines) is 1. The van der Waals surface area contributed by atoms with Gasteiger partial charge in [0, 0.05) is 37.2 Å². The molecule has 1 unspecified atom stereocenters. The number of anilines is 1. The third kappa shape index (κ3) is 2.64. The van der Waals surface area contributed by atoms with Gasteiger partial charge in [0.2, 0.25) is 5.91 Å². The normalized spacial score (nSPS) is 23.0. The van der Waals surface area contributed by atoms with Gasteiger partial charge >= 0.3 is 0 Å². The maximum absolute atomic E-state index is 12.7. The number of amides is 2. The Bertz CT molecular complexity index is 841. The Labute approximate surface area is 147 Å². The second-order valence-corrected chi connectivity index (χ2v) is 7.31. The van der Waals surface area contributed by atoms with E-state index in [2.05, 4.69) is 0 Å². The minimum atomic E-state index is -0.132. The fraction of sp³-hybridized carbons (Fsp3) is 0.400. The molecule has 25 heavy (non-hydrogen) atoms. The van der Waals surface area contributed by atoms with Crippen molar-refractivity contribution in [1.29, 1.82) is 0 Å². The summed E-state index contributed by atoms with van der Waals surface area (Å²) in [6.07, 6.45) is 2.92. The van der Waals surface area contributed by atoms with Gasteiger partial charge in [0.15, 0.2) is 0 Å². The van der Waals surface area contributed by atoms with E-state index in [4.69, 9.17) is 4.42 Å². The van der Waals surface area contributed by atoms with Gasteiger partial charge in [0.05, 0.1) is 11.8 Å². The van der Waals surface area contributed by atoms with Gasteiger partial charge in [-0.05, 0) is 38.0 Å². The quantitative estimate of drug-likeness (QED) is 0.845. The van der Waals surface area contributed by atoms with Crippen LogP contribution >= 0.6 is 0 Å². The molecule has 0 aliphatic carbocycles. The molecule has 2 aromatic rings. The first-order valence-corrected chi connectivity index (χ1v) is 8.68. The van der Waals surface area contributed by atoms with Gasteiger partial charge in [-0.3, -0.25) is 9.59 Å². The summed E-state index contributed by atoms with van der Waals surface area (Å²) < 4.78 is 5.26.